The molecule has 2 aromatic carbocycles. The lowest BCUT2D eigenvalue weighted by Crippen LogP contribution is -2.38. The van der Waals surface area contributed by atoms with Gasteiger partial charge in [0.15, 0.2) is 6.35 Å². The number of benzene rings is 2. The number of anilines is 1. The zero-order chi connectivity index (χ0) is 34.2. The number of aromatic amines is 1. The highest BCUT2D eigenvalue weighted by Crippen LogP contribution is 2.34. The second-order valence-electron chi connectivity index (χ2n) is 13.0. The SMILES string of the molecule is COC(=O)c1ccc2c(c1)[nH]c1nc(Cc3ccccc3)nc(NCCCN(C)CCCNC(=O)CCCC[C@@H]3SC[C@@H]4NC(O)N[C@@H]43)c12. The number of H-pyrrole nitrogens is 1. The number of esters is 1. The predicted molar refractivity (Wildman–Crippen MR) is 195 cm³/mol. The molecule has 4 heterocycles. The summed E-state index contributed by atoms with van der Waals surface area (Å²) in [5, 5.41) is 25.1. The third kappa shape index (κ3) is 9.08. The molecule has 2 aromatic heterocycles. The number of unbranched alkanes of at least 4 members (excludes halogenated alkanes) is 1. The van der Waals surface area contributed by atoms with Crippen molar-refractivity contribution in [2.75, 3.05) is 51.4 Å². The second-order valence-corrected chi connectivity index (χ2v) is 14.3. The Kier molecular flexibility index (Phi) is 12.0. The molecule has 12 nitrogen and oxygen atoms in total. The van der Waals surface area contributed by atoms with Crippen LogP contribution in [0, 0.1) is 0 Å². The van der Waals surface area contributed by atoms with E-state index < -0.39 is 6.35 Å². The number of fused-ring (bicyclic) bond motifs is 4. The first-order valence-electron chi connectivity index (χ1n) is 17.3. The van der Waals surface area contributed by atoms with Crippen LogP contribution >= 0.6 is 11.8 Å². The average Bonchev–Trinajstić information content (AvgIpc) is 3.78. The lowest BCUT2D eigenvalue weighted by atomic mass is 10.0. The lowest BCUT2D eigenvalue weighted by Gasteiger charge is -2.18. The fourth-order valence-corrected chi connectivity index (χ4v) is 8.37. The first-order valence-corrected chi connectivity index (χ1v) is 18.4. The monoisotopic (exact) mass is 688 g/mol. The van der Waals surface area contributed by atoms with E-state index in [0.29, 0.717) is 48.1 Å². The molecule has 49 heavy (non-hydrogen) atoms. The molecule has 6 rings (SSSR count). The van der Waals surface area contributed by atoms with Crippen LogP contribution in [-0.4, -0.2) is 107 Å². The zero-order valence-corrected chi connectivity index (χ0v) is 29.2. The summed E-state index contributed by atoms with van der Waals surface area (Å²) in [4.78, 5) is 40.0. The fraction of sp³-hybridized carbons (Fsp3) is 0.500. The topological polar surface area (TPSA) is 157 Å². The molecule has 2 aliphatic rings. The number of aliphatic hydroxyl groups excluding tert-OH is 1. The van der Waals surface area contributed by atoms with E-state index in [1.165, 1.54) is 7.11 Å². The Morgan fingerprint density at radius 2 is 1.86 bits per heavy atom. The Morgan fingerprint density at radius 1 is 1.04 bits per heavy atom. The maximum atomic E-state index is 12.4. The van der Waals surface area contributed by atoms with Gasteiger partial charge in [-0.3, -0.25) is 15.4 Å². The van der Waals surface area contributed by atoms with Crippen LogP contribution in [0.25, 0.3) is 21.9 Å². The molecular formula is C36H48N8O4S. The van der Waals surface area contributed by atoms with E-state index in [-0.39, 0.29) is 11.9 Å². The number of methoxy groups -OCH3 is 1. The maximum Gasteiger partial charge on any atom is 0.337 e. The van der Waals surface area contributed by atoms with Crippen molar-refractivity contribution >= 4 is 51.4 Å². The molecule has 2 aliphatic heterocycles. The maximum absolute atomic E-state index is 12.4. The van der Waals surface area contributed by atoms with Gasteiger partial charge in [0, 0.05) is 59.9 Å². The van der Waals surface area contributed by atoms with Crippen LogP contribution in [0.3, 0.4) is 0 Å². The van der Waals surface area contributed by atoms with E-state index in [4.69, 9.17) is 14.7 Å². The molecule has 0 radical (unpaired) electrons. The Balaban J connectivity index is 0.937. The molecule has 2 saturated heterocycles. The van der Waals surface area contributed by atoms with E-state index in [1.54, 1.807) is 12.1 Å². The number of hydrogen-bond acceptors (Lipinski definition) is 11. The van der Waals surface area contributed by atoms with Crippen molar-refractivity contribution in [1.29, 1.82) is 0 Å². The third-order valence-corrected chi connectivity index (χ3v) is 10.9. The van der Waals surface area contributed by atoms with Crippen molar-refractivity contribution in [1.82, 2.24) is 35.8 Å². The van der Waals surface area contributed by atoms with Crippen molar-refractivity contribution in [2.24, 2.45) is 0 Å². The van der Waals surface area contributed by atoms with E-state index in [2.05, 4.69) is 50.3 Å². The van der Waals surface area contributed by atoms with Crippen molar-refractivity contribution in [3.63, 3.8) is 0 Å². The molecule has 0 aliphatic carbocycles. The van der Waals surface area contributed by atoms with Gasteiger partial charge in [-0.15, -0.1) is 0 Å². The molecule has 4 atom stereocenters. The van der Waals surface area contributed by atoms with Gasteiger partial charge in [-0.1, -0.05) is 42.8 Å². The minimum absolute atomic E-state index is 0.126. The van der Waals surface area contributed by atoms with Gasteiger partial charge >= 0.3 is 5.97 Å². The highest BCUT2D eigenvalue weighted by molar-refractivity contribution is 8.00. The molecule has 6 N–H and O–H groups in total. The molecule has 13 heteroatoms. The Labute approximate surface area is 291 Å². The molecule has 4 aromatic rings. The van der Waals surface area contributed by atoms with Crippen molar-refractivity contribution in [2.45, 2.75) is 68.6 Å². The van der Waals surface area contributed by atoms with Gasteiger partial charge < -0.3 is 30.4 Å². The first-order chi connectivity index (χ1) is 23.9. The summed E-state index contributed by atoms with van der Waals surface area (Å²) >= 11 is 1.96. The van der Waals surface area contributed by atoms with Gasteiger partial charge in [0.2, 0.25) is 5.91 Å². The Bertz CT molecular complexity index is 1720. The summed E-state index contributed by atoms with van der Waals surface area (Å²) in [6.45, 7) is 3.22. The molecule has 2 fully saturated rings. The van der Waals surface area contributed by atoms with Gasteiger partial charge in [0.05, 0.1) is 18.1 Å². The van der Waals surface area contributed by atoms with Crippen LogP contribution in [0.1, 0.15) is 60.3 Å². The summed E-state index contributed by atoms with van der Waals surface area (Å²) in [5.74, 6) is 2.26. The number of hydrogen-bond donors (Lipinski definition) is 6. The fourth-order valence-electron chi connectivity index (χ4n) is 6.80. The molecule has 1 amide bonds. The number of nitrogens with one attached hydrogen (secondary N) is 5. The van der Waals surface area contributed by atoms with Crippen LogP contribution in [0.15, 0.2) is 48.5 Å². The highest BCUT2D eigenvalue weighted by atomic mass is 32.2. The molecule has 0 saturated carbocycles. The minimum atomic E-state index is -0.591. The van der Waals surface area contributed by atoms with Crippen molar-refractivity contribution in [3.05, 3.63) is 65.5 Å². The van der Waals surface area contributed by atoms with Crippen LogP contribution < -0.4 is 21.3 Å². The summed E-state index contributed by atoms with van der Waals surface area (Å²) < 4.78 is 4.91. The average molecular weight is 689 g/mol. The summed E-state index contributed by atoms with van der Waals surface area (Å²) in [6.07, 6.45) is 5.38. The van der Waals surface area contributed by atoms with E-state index in [1.807, 2.05) is 36.0 Å². The standard InChI is InChI=1S/C36H48N8O4S/c1-44(18-8-16-37-30(45)13-7-6-12-28-32-27(22-49-28)40-36(47)43-32)19-9-17-38-33-31-25-15-14-24(35(46)48-2)21-26(25)39-34(31)42-29(41-33)20-23-10-4-3-5-11-23/h3-5,10-11,14-15,21,27-28,32,36,40,43,47H,6-9,12-13,16-20,22H2,1-2H3,(H,37,45)(H2,38,39,41,42)/t27-,28-,32-,36?/m0/s1. The number of thioether (sulfide) groups is 1. The molecule has 0 spiro atoms. The number of ether oxygens (including phenoxy) is 1. The number of carbonyl (C=O) groups is 2. The predicted octanol–water partition coefficient (Wildman–Crippen LogP) is 3.61. The second kappa shape index (κ2) is 16.8. The normalized spacial score (nSPS) is 20.2. The van der Waals surface area contributed by atoms with E-state index in [0.717, 1.165) is 90.8 Å². The lowest BCUT2D eigenvalue weighted by molar-refractivity contribution is -0.121. The number of carbonyl (C=O) groups excluding carboxylic acids is 2. The van der Waals surface area contributed by atoms with Gasteiger partial charge in [0.25, 0.3) is 0 Å². The first kappa shape index (κ1) is 35.1. The van der Waals surface area contributed by atoms with Gasteiger partial charge in [0.1, 0.15) is 17.3 Å². The van der Waals surface area contributed by atoms with Gasteiger partial charge in [-0.05, 0) is 63.5 Å². The number of aliphatic hydroxyl groups is 1. The number of nitrogens with zero attached hydrogens (tertiary/aromatic N) is 3. The molecule has 262 valence electrons. The molecular weight excluding hydrogens is 641 g/mol. The van der Waals surface area contributed by atoms with E-state index in [9.17, 15) is 14.7 Å². The van der Waals surface area contributed by atoms with Crippen molar-refractivity contribution < 1.29 is 19.4 Å². The minimum Gasteiger partial charge on any atom is -0.465 e. The summed E-state index contributed by atoms with van der Waals surface area (Å²) in [5.41, 5.74) is 3.14. The smallest absolute Gasteiger partial charge is 0.337 e. The van der Waals surface area contributed by atoms with Crippen LogP contribution in [0.4, 0.5) is 5.82 Å². The quantitative estimate of drug-likeness (QED) is 0.0712. The highest BCUT2D eigenvalue weighted by Gasteiger charge is 2.42. The zero-order valence-electron chi connectivity index (χ0n) is 28.3. The van der Waals surface area contributed by atoms with Crippen molar-refractivity contribution in [3.8, 4) is 0 Å². The van der Waals surface area contributed by atoms with Crippen LogP contribution in [-0.2, 0) is 16.0 Å². The number of aromatic nitrogens is 3. The largest absolute Gasteiger partial charge is 0.465 e. The number of rotatable bonds is 17. The van der Waals surface area contributed by atoms with Gasteiger partial charge in [-0.25, -0.2) is 14.8 Å². The summed E-state index contributed by atoms with van der Waals surface area (Å²) in [6, 6.07) is 16.3. The Hall–Kier alpha value is -3.75. The van der Waals surface area contributed by atoms with Crippen LogP contribution in [0.5, 0.6) is 0 Å². The molecule has 0 bridgehead atoms. The van der Waals surface area contributed by atoms with E-state index >= 15 is 0 Å². The third-order valence-electron chi connectivity index (χ3n) is 9.36. The molecule has 1 unspecified atom stereocenters. The Morgan fingerprint density at radius 3 is 2.67 bits per heavy atom. The van der Waals surface area contributed by atoms with Crippen LogP contribution in [0.2, 0.25) is 0 Å². The summed E-state index contributed by atoms with van der Waals surface area (Å²) in [7, 11) is 3.49. The number of amides is 1. The van der Waals surface area contributed by atoms with Gasteiger partial charge in [-0.2, -0.15) is 11.8 Å².